The molecule has 202 valence electrons. The molecule has 0 unspecified atom stereocenters. The number of aromatic nitrogens is 4. The Bertz CT molecular complexity index is 1630. The topological polar surface area (TPSA) is 96.2 Å². The van der Waals surface area contributed by atoms with E-state index in [0.717, 1.165) is 23.2 Å². The van der Waals surface area contributed by atoms with Gasteiger partial charge in [0.2, 0.25) is 0 Å². The predicted octanol–water partition coefficient (Wildman–Crippen LogP) is 3.68. The maximum absolute atomic E-state index is 13.2. The number of rotatable bonds is 4. The zero-order valence-electron chi connectivity index (χ0n) is 20.8. The van der Waals surface area contributed by atoms with Crippen molar-refractivity contribution >= 4 is 22.8 Å². The van der Waals surface area contributed by atoms with Gasteiger partial charge in [-0.2, -0.15) is 18.3 Å². The van der Waals surface area contributed by atoms with Crippen LogP contribution in [0.15, 0.2) is 59.4 Å². The maximum Gasteiger partial charge on any atom is 0.416 e. The lowest BCUT2D eigenvalue weighted by Gasteiger charge is -2.32. The van der Waals surface area contributed by atoms with Gasteiger partial charge in [0, 0.05) is 38.3 Å². The fourth-order valence-corrected chi connectivity index (χ4v) is 5.49. The molecule has 1 saturated heterocycles. The summed E-state index contributed by atoms with van der Waals surface area (Å²) in [6.07, 6.45) is -3.26. The number of imidazole rings is 1. The van der Waals surface area contributed by atoms with Crippen molar-refractivity contribution in [3.05, 3.63) is 87.6 Å². The first-order valence-electron chi connectivity index (χ1n) is 12.7. The molecule has 39 heavy (non-hydrogen) atoms. The van der Waals surface area contributed by atoms with Crippen molar-refractivity contribution in [2.75, 3.05) is 19.6 Å². The summed E-state index contributed by atoms with van der Waals surface area (Å²) in [6, 6.07) is 13.8. The van der Waals surface area contributed by atoms with Crippen LogP contribution in [0.3, 0.4) is 0 Å². The molecule has 4 heterocycles. The number of fused-ring (bicyclic) bond motifs is 2. The number of halogens is 3. The summed E-state index contributed by atoms with van der Waals surface area (Å²) in [5.41, 5.74) is 1.44. The maximum atomic E-state index is 13.2. The normalized spacial score (nSPS) is 16.6. The first kappa shape index (κ1) is 25.0. The number of para-hydroxylation sites is 2. The second-order valence-corrected chi connectivity index (χ2v) is 9.90. The summed E-state index contributed by atoms with van der Waals surface area (Å²) in [5.74, 6) is -0.679. The number of nitrogens with one attached hydrogen (secondary N) is 1. The van der Waals surface area contributed by atoms with Crippen molar-refractivity contribution in [1.29, 1.82) is 0 Å². The number of benzene rings is 2. The standard InChI is InChI=1S/C27H25F3N6O3/c28-27(29,30)18-5-3-4-17(14-18)16-34-12-13-35-23(25(34)38)15-21(32-35)24(37)33-10-8-19(9-11-33)36-22-7-2-1-6-20(22)31-26(36)39/h1-7,14-15,19H,8-13,16H2,(H,31,39). The summed E-state index contributed by atoms with van der Waals surface area (Å²) in [5, 5.41) is 4.36. The van der Waals surface area contributed by atoms with Gasteiger partial charge in [-0.3, -0.25) is 18.8 Å². The number of carbonyl (C=O) groups excluding carboxylic acids is 2. The fraction of sp³-hybridized carbons (Fsp3) is 0.333. The minimum absolute atomic E-state index is 0.0257. The summed E-state index contributed by atoms with van der Waals surface area (Å²) >= 11 is 0. The summed E-state index contributed by atoms with van der Waals surface area (Å²) in [6.45, 7) is 1.50. The number of hydrogen-bond acceptors (Lipinski definition) is 4. The average molecular weight is 539 g/mol. The smallest absolute Gasteiger partial charge is 0.337 e. The second-order valence-electron chi connectivity index (χ2n) is 9.90. The van der Waals surface area contributed by atoms with E-state index in [9.17, 15) is 27.6 Å². The number of carbonyl (C=O) groups is 2. The number of piperidine rings is 1. The van der Waals surface area contributed by atoms with Gasteiger partial charge < -0.3 is 14.8 Å². The SMILES string of the molecule is O=C(c1cc2n(n1)CCN(Cc1cccc(C(F)(F)F)c1)C2=O)N1CCC(n2c(=O)[nH]c3ccccc32)CC1. The van der Waals surface area contributed by atoms with E-state index in [-0.39, 0.29) is 48.0 Å². The van der Waals surface area contributed by atoms with Gasteiger partial charge in [-0.1, -0.05) is 24.3 Å². The lowest BCUT2D eigenvalue weighted by molar-refractivity contribution is -0.137. The van der Waals surface area contributed by atoms with Crippen LogP contribution in [0.4, 0.5) is 13.2 Å². The third-order valence-electron chi connectivity index (χ3n) is 7.46. The van der Waals surface area contributed by atoms with E-state index in [1.54, 1.807) is 15.5 Å². The van der Waals surface area contributed by atoms with Crippen LogP contribution in [0.2, 0.25) is 0 Å². The molecule has 0 aliphatic carbocycles. The van der Waals surface area contributed by atoms with E-state index in [2.05, 4.69) is 10.1 Å². The van der Waals surface area contributed by atoms with Crippen LogP contribution < -0.4 is 5.69 Å². The van der Waals surface area contributed by atoms with Crippen LogP contribution in [0, 0.1) is 0 Å². The van der Waals surface area contributed by atoms with Crippen LogP contribution in [0.25, 0.3) is 11.0 Å². The first-order valence-corrected chi connectivity index (χ1v) is 12.7. The quantitative estimate of drug-likeness (QED) is 0.429. The minimum atomic E-state index is -4.46. The van der Waals surface area contributed by atoms with Gasteiger partial charge in [0.05, 0.1) is 23.1 Å². The van der Waals surface area contributed by atoms with Crippen molar-refractivity contribution in [3.63, 3.8) is 0 Å². The predicted molar refractivity (Wildman–Crippen MR) is 135 cm³/mol. The van der Waals surface area contributed by atoms with E-state index in [1.807, 2.05) is 24.3 Å². The Morgan fingerprint density at radius 2 is 1.74 bits per heavy atom. The first-order chi connectivity index (χ1) is 18.7. The molecule has 0 radical (unpaired) electrons. The zero-order valence-corrected chi connectivity index (χ0v) is 20.8. The van der Waals surface area contributed by atoms with E-state index in [1.165, 1.54) is 21.7 Å². The largest absolute Gasteiger partial charge is 0.416 e. The molecule has 0 saturated carbocycles. The summed E-state index contributed by atoms with van der Waals surface area (Å²) in [7, 11) is 0. The molecule has 2 aliphatic heterocycles. The van der Waals surface area contributed by atoms with Crippen molar-refractivity contribution < 1.29 is 22.8 Å². The number of hydrogen-bond donors (Lipinski definition) is 1. The fourth-order valence-electron chi connectivity index (χ4n) is 5.49. The van der Waals surface area contributed by atoms with Crippen LogP contribution in [0.1, 0.15) is 51.0 Å². The van der Waals surface area contributed by atoms with Gasteiger partial charge in [0.1, 0.15) is 5.69 Å². The monoisotopic (exact) mass is 538 g/mol. The van der Waals surface area contributed by atoms with Crippen LogP contribution in [0.5, 0.6) is 0 Å². The number of amides is 2. The number of aromatic amines is 1. The van der Waals surface area contributed by atoms with E-state index in [4.69, 9.17) is 0 Å². The molecule has 9 nitrogen and oxygen atoms in total. The molecule has 12 heteroatoms. The van der Waals surface area contributed by atoms with Crippen molar-refractivity contribution in [1.82, 2.24) is 29.1 Å². The molecule has 0 bridgehead atoms. The van der Waals surface area contributed by atoms with E-state index < -0.39 is 11.7 Å². The van der Waals surface area contributed by atoms with Crippen molar-refractivity contribution in [3.8, 4) is 0 Å². The molecule has 6 rings (SSSR count). The third-order valence-corrected chi connectivity index (χ3v) is 7.46. The lowest BCUT2D eigenvalue weighted by atomic mass is 10.0. The molecule has 1 fully saturated rings. The van der Waals surface area contributed by atoms with Crippen LogP contribution >= 0.6 is 0 Å². The Hall–Kier alpha value is -4.35. The highest BCUT2D eigenvalue weighted by Gasteiger charge is 2.33. The molecule has 2 aromatic carbocycles. The van der Waals surface area contributed by atoms with Gasteiger partial charge in [0.25, 0.3) is 11.8 Å². The third kappa shape index (κ3) is 4.59. The van der Waals surface area contributed by atoms with Gasteiger partial charge in [0.15, 0.2) is 5.69 Å². The van der Waals surface area contributed by atoms with Crippen molar-refractivity contribution in [2.24, 2.45) is 0 Å². The molecule has 2 aliphatic rings. The number of H-pyrrole nitrogens is 1. The molecular weight excluding hydrogens is 513 g/mol. The highest BCUT2D eigenvalue weighted by atomic mass is 19.4. The van der Waals surface area contributed by atoms with Crippen LogP contribution in [-0.2, 0) is 19.3 Å². The Morgan fingerprint density at radius 3 is 2.51 bits per heavy atom. The molecule has 2 aromatic heterocycles. The van der Waals surface area contributed by atoms with E-state index >= 15 is 0 Å². The molecule has 0 atom stereocenters. The summed E-state index contributed by atoms with van der Waals surface area (Å²) < 4.78 is 42.5. The van der Waals surface area contributed by atoms with Crippen LogP contribution in [-0.4, -0.2) is 60.6 Å². The molecular formula is C27H25F3N6O3. The number of likely N-dealkylation sites (tertiary alicyclic amines) is 1. The average Bonchev–Trinajstić information content (AvgIpc) is 3.51. The Kier molecular flexibility index (Phi) is 6.04. The second kappa shape index (κ2) is 9.44. The van der Waals surface area contributed by atoms with E-state index in [0.29, 0.717) is 38.0 Å². The molecule has 2 amide bonds. The molecule has 0 spiro atoms. The molecule has 4 aromatic rings. The van der Waals surface area contributed by atoms with Crippen molar-refractivity contribution in [2.45, 2.75) is 38.1 Å². The Morgan fingerprint density at radius 1 is 0.974 bits per heavy atom. The highest BCUT2D eigenvalue weighted by Crippen LogP contribution is 2.30. The highest BCUT2D eigenvalue weighted by molar-refractivity contribution is 5.98. The zero-order chi connectivity index (χ0) is 27.3. The number of nitrogens with zero attached hydrogens (tertiary/aromatic N) is 5. The number of alkyl halides is 3. The summed E-state index contributed by atoms with van der Waals surface area (Å²) in [4.78, 5) is 44.9. The lowest BCUT2D eigenvalue weighted by Crippen LogP contribution is -2.40. The van der Waals surface area contributed by atoms with Gasteiger partial charge in [-0.15, -0.1) is 0 Å². The Labute approximate surface area is 220 Å². The Balaban J connectivity index is 1.13. The van der Waals surface area contributed by atoms with Gasteiger partial charge in [-0.25, -0.2) is 4.79 Å². The minimum Gasteiger partial charge on any atom is -0.337 e. The van der Waals surface area contributed by atoms with Gasteiger partial charge in [-0.05, 0) is 42.7 Å². The van der Waals surface area contributed by atoms with Gasteiger partial charge >= 0.3 is 11.9 Å². The molecule has 1 N–H and O–H groups in total.